The number of rotatable bonds is 10. The molecule has 2 nitrogen and oxygen atoms in total. The molecule has 0 aliphatic carbocycles. The third-order valence-corrected chi connectivity index (χ3v) is 6.09. The molecule has 0 N–H and O–H groups in total. The fourth-order valence-corrected chi connectivity index (χ4v) is 3.89. The summed E-state index contributed by atoms with van der Waals surface area (Å²) in [7, 11) is -1.85. The molecule has 0 saturated carbocycles. The Morgan fingerprint density at radius 3 is 2.25 bits per heavy atom. The molecule has 0 amide bonds. The van der Waals surface area contributed by atoms with Crippen LogP contribution in [-0.2, 0) is 8.85 Å². The molecule has 0 rings (SSSR count). The molecule has 0 aliphatic rings. The van der Waals surface area contributed by atoms with E-state index < -0.39 is 8.56 Å². The lowest BCUT2D eigenvalue weighted by atomic mass is 10.1. The second kappa shape index (κ2) is 9.20. The van der Waals surface area contributed by atoms with E-state index in [4.69, 9.17) is 8.85 Å². The molecule has 0 aliphatic heterocycles. The summed E-state index contributed by atoms with van der Waals surface area (Å²) < 4.78 is 11.9. The lowest BCUT2D eigenvalue weighted by molar-refractivity contribution is 0.124. The third kappa shape index (κ3) is 7.42. The molecule has 98 valence electrons. The van der Waals surface area contributed by atoms with Crippen LogP contribution in [0.1, 0.15) is 59.8 Å². The van der Waals surface area contributed by atoms with Crippen molar-refractivity contribution in [3.63, 3.8) is 0 Å². The SMILES string of the molecule is CCCCCCC(C)O[Si](C)(CC)OCC. The predicted molar refractivity (Wildman–Crippen MR) is 73.0 cm³/mol. The van der Waals surface area contributed by atoms with Crippen LogP contribution in [0.2, 0.25) is 12.6 Å². The minimum absolute atomic E-state index is 0.361. The van der Waals surface area contributed by atoms with Crippen molar-refractivity contribution in [3.8, 4) is 0 Å². The van der Waals surface area contributed by atoms with E-state index in [1.165, 1.54) is 32.1 Å². The summed E-state index contributed by atoms with van der Waals surface area (Å²) in [6, 6.07) is 1.04. The van der Waals surface area contributed by atoms with Gasteiger partial charge < -0.3 is 8.85 Å². The average molecular weight is 246 g/mol. The van der Waals surface area contributed by atoms with Crippen LogP contribution in [0.3, 0.4) is 0 Å². The highest BCUT2D eigenvalue weighted by molar-refractivity contribution is 6.65. The van der Waals surface area contributed by atoms with Crippen LogP contribution in [0.25, 0.3) is 0 Å². The van der Waals surface area contributed by atoms with Crippen molar-refractivity contribution in [1.29, 1.82) is 0 Å². The molecule has 0 saturated heterocycles. The maximum absolute atomic E-state index is 6.12. The van der Waals surface area contributed by atoms with Crippen molar-refractivity contribution in [3.05, 3.63) is 0 Å². The van der Waals surface area contributed by atoms with Crippen LogP contribution in [0.15, 0.2) is 0 Å². The molecule has 0 bridgehead atoms. The Morgan fingerprint density at radius 2 is 1.75 bits per heavy atom. The Kier molecular flexibility index (Phi) is 9.28. The lowest BCUT2D eigenvalue weighted by Gasteiger charge is -2.29. The molecule has 0 radical (unpaired) electrons. The Hall–Kier alpha value is 0.137. The van der Waals surface area contributed by atoms with E-state index in [-0.39, 0.29) is 0 Å². The largest absolute Gasteiger partial charge is 0.395 e. The van der Waals surface area contributed by atoms with Crippen LogP contribution >= 0.6 is 0 Å². The van der Waals surface area contributed by atoms with Gasteiger partial charge in [-0.1, -0.05) is 39.5 Å². The predicted octanol–water partition coefficient (Wildman–Crippen LogP) is 4.49. The molecule has 0 heterocycles. The van der Waals surface area contributed by atoms with Crippen LogP contribution < -0.4 is 0 Å². The topological polar surface area (TPSA) is 18.5 Å². The van der Waals surface area contributed by atoms with Crippen LogP contribution in [0, 0.1) is 0 Å². The standard InChI is InChI=1S/C13H30O2Si/c1-6-9-10-11-12-13(4)15-16(5,8-3)14-7-2/h13H,6-12H2,1-5H3. The Bertz CT molecular complexity index is 164. The smallest absolute Gasteiger partial charge is 0.334 e. The highest BCUT2D eigenvalue weighted by Gasteiger charge is 2.30. The van der Waals surface area contributed by atoms with Crippen molar-refractivity contribution in [2.24, 2.45) is 0 Å². The summed E-state index contributed by atoms with van der Waals surface area (Å²) in [5, 5.41) is 0. The van der Waals surface area contributed by atoms with Gasteiger partial charge in [0.2, 0.25) is 0 Å². The molecule has 2 unspecified atom stereocenters. The minimum atomic E-state index is -1.85. The summed E-state index contributed by atoms with van der Waals surface area (Å²) in [6.45, 7) is 11.6. The van der Waals surface area contributed by atoms with Crippen LogP contribution in [0.5, 0.6) is 0 Å². The van der Waals surface area contributed by atoms with Gasteiger partial charge in [0, 0.05) is 12.7 Å². The van der Waals surface area contributed by atoms with E-state index in [1.54, 1.807) is 0 Å². The number of unbranched alkanes of at least 4 members (excludes halogenated alkanes) is 3. The van der Waals surface area contributed by atoms with E-state index in [0.717, 1.165) is 12.7 Å². The van der Waals surface area contributed by atoms with E-state index in [2.05, 4.69) is 34.2 Å². The second-order valence-corrected chi connectivity index (χ2v) is 8.20. The van der Waals surface area contributed by atoms with Gasteiger partial charge in [0.15, 0.2) is 0 Å². The molecule has 0 aromatic carbocycles. The summed E-state index contributed by atoms with van der Waals surface area (Å²) in [4.78, 5) is 0. The fraction of sp³-hybridized carbons (Fsp3) is 1.00. The third-order valence-electron chi connectivity index (χ3n) is 3.01. The average Bonchev–Trinajstić information content (AvgIpc) is 2.25. The Morgan fingerprint density at radius 1 is 1.06 bits per heavy atom. The number of hydrogen-bond acceptors (Lipinski definition) is 2. The van der Waals surface area contributed by atoms with Gasteiger partial charge in [0.05, 0.1) is 0 Å². The molecular formula is C13H30O2Si. The van der Waals surface area contributed by atoms with Gasteiger partial charge in [0.25, 0.3) is 0 Å². The maximum atomic E-state index is 6.12. The maximum Gasteiger partial charge on any atom is 0.334 e. The van der Waals surface area contributed by atoms with Gasteiger partial charge in [0.1, 0.15) is 0 Å². The van der Waals surface area contributed by atoms with Crippen molar-refractivity contribution in [2.75, 3.05) is 6.61 Å². The molecule has 0 aromatic heterocycles. The molecule has 0 fully saturated rings. The first-order valence-electron chi connectivity index (χ1n) is 6.89. The summed E-state index contributed by atoms with van der Waals surface area (Å²) in [6.07, 6.45) is 6.81. The van der Waals surface area contributed by atoms with Gasteiger partial charge in [-0.2, -0.15) is 0 Å². The van der Waals surface area contributed by atoms with E-state index in [0.29, 0.717) is 6.10 Å². The summed E-state index contributed by atoms with van der Waals surface area (Å²) >= 11 is 0. The van der Waals surface area contributed by atoms with Crippen molar-refractivity contribution >= 4 is 8.56 Å². The normalized spacial score (nSPS) is 17.1. The second-order valence-electron chi connectivity index (χ2n) is 4.70. The highest BCUT2D eigenvalue weighted by Crippen LogP contribution is 2.18. The molecule has 3 heteroatoms. The van der Waals surface area contributed by atoms with Gasteiger partial charge >= 0.3 is 8.56 Å². The van der Waals surface area contributed by atoms with E-state index in [1.807, 2.05) is 0 Å². The lowest BCUT2D eigenvalue weighted by Crippen LogP contribution is -2.40. The fourth-order valence-electron chi connectivity index (χ4n) is 1.87. The zero-order valence-electron chi connectivity index (χ0n) is 11.8. The minimum Gasteiger partial charge on any atom is -0.395 e. The monoisotopic (exact) mass is 246 g/mol. The van der Waals surface area contributed by atoms with Gasteiger partial charge in [-0.15, -0.1) is 0 Å². The van der Waals surface area contributed by atoms with Gasteiger partial charge in [-0.25, -0.2) is 0 Å². The van der Waals surface area contributed by atoms with E-state index >= 15 is 0 Å². The summed E-state index contributed by atoms with van der Waals surface area (Å²) in [5.74, 6) is 0. The molecule has 0 spiro atoms. The van der Waals surface area contributed by atoms with Crippen molar-refractivity contribution in [2.45, 2.75) is 78.5 Å². The Labute approximate surface area is 103 Å². The first kappa shape index (κ1) is 16.1. The van der Waals surface area contributed by atoms with Gasteiger partial charge in [-0.05, 0) is 32.9 Å². The summed E-state index contributed by atoms with van der Waals surface area (Å²) in [5.41, 5.74) is 0. The Balaban J connectivity index is 3.77. The first-order valence-corrected chi connectivity index (χ1v) is 9.42. The molecule has 0 aromatic rings. The number of hydrogen-bond donors (Lipinski definition) is 0. The molecule has 2 atom stereocenters. The van der Waals surface area contributed by atoms with Crippen molar-refractivity contribution < 1.29 is 8.85 Å². The highest BCUT2D eigenvalue weighted by atomic mass is 28.4. The van der Waals surface area contributed by atoms with E-state index in [9.17, 15) is 0 Å². The van der Waals surface area contributed by atoms with Crippen LogP contribution in [0.4, 0.5) is 0 Å². The quantitative estimate of drug-likeness (QED) is 0.418. The van der Waals surface area contributed by atoms with Crippen LogP contribution in [-0.4, -0.2) is 21.3 Å². The molecular weight excluding hydrogens is 216 g/mol. The van der Waals surface area contributed by atoms with Gasteiger partial charge in [-0.3, -0.25) is 0 Å². The molecule has 16 heavy (non-hydrogen) atoms. The zero-order chi connectivity index (χ0) is 12.4. The zero-order valence-corrected chi connectivity index (χ0v) is 12.8. The first-order chi connectivity index (χ1) is 7.58. The van der Waals surface area contributed by atoms with Crippen molar-refractivity contribution in [1.82, 2.24) is 0 Å².